The maximum atomic E-state index is 13.2. The fourth-order valence-corrected chi connectivity index (χ4v) is 2.57. The molecule has 0 aliphatic heterocycles. The highest BCUT2D eigenvalue weighted by Crippen LogP contribution is 2.33. The summed E-state index contributed by atoms with van der Waals surface area (Å²) in [4.78, 5) is 0. The molecular formula is C14H17F4N. The van der Waals surface area contributed by atoms with E-state index >= 15 is 0 Å². The Morgan fingerprint density at radius 1 is 1.21 bits per heavy atom. The Kier molecular flexibility index (Phi) is 4.13. The molecule has 1 N–H and O–H groups in total. The molecule has 106 valence electrons. The van der Waals surface area contributed by atoms with Crippen LogP contribution in [0.4, 0.5) is 17.6 Å². The molecule has 0 heterocycles. The molecule has 0 radical (unpaired) electrons. The smallest absolute Gasteiger partial charge is 0.307 e. The summed E-state index contributed by atoms with van der Waals surface area (Å²) in [6.45, 7) is 1.81. The van der Waals surface area contributed by atoms with Crippen LogP contribution in [0.3, 0.4) is 0 Å². The topological polar surface area (TPSA) is 12.0 Å². The van der Waals surface area contributed by atoms with Crippen LogP contribution < -0.4 is 5.32 Å². The van der Waals surface area contributed by atoms with Crippen molar-refractivity contribution in [1.29, 1.82) is 0 Å². The van der Waals surface area contributed by atoms with Gasteiger partial charge in [0.2, 0.25) is 0 Å². The Bertz CT molecular complexity index is 436. The van der Waals surface area contributed by atoms with Gasteiger partial charge in [0.15, 0.2) is 0 Å². The summed E-state index contributed by atoms with van der Waals surface area (Å²) in [5.41, 5.74) is -0.717. The molecule has 2 rings (SSSR count). The Hall–Kier alpha value is -1.10. The van der Waals surface area contributed by atoms with Crippen molar-refractivity contribution in [1.82, 2.24) is 5.32 Å². The van der Waals surface area contributed by atoms with Gasteiger partial charge in [0.05, 0.1) is 5.56 Å². The zero-order valence-corrected chi connectivity index (χ0v) is 10.7. The monoisotopic (exact) mass is 275 g/mol. The largest absolute Gasteiger partial charge is 0.419 e. The number of hydrogen-bond donors (Lipinski definition) is 1. The average molecular weight is 275 g/mol. The first-order valence-electron chi connectivity index (χ1n) is 6.50. The summed E-state index contributed by atoms with van der Waals surface area (Å²) in [6, 6.07) is 3.36. The van der Waals surface area contributed by atoms with Gasteiger partial charge in [-0.25, -0.2) is 4.39 Å². The molecule has 1 atom stereocenters. The third-order valence-corrected chi connectivity index (χ3v) is 3.64. The fraction of sp³-hybridized carbons (Fsp3) is 0.571. The zero-order valence-electron chi connectivity index (χ0n) is 10.7. The SMILES string of the molecule is CC(NC1CCCC1)c1ccc(F)c(C(F)(F)F)c1. The van der Waals surface area contributed by atoms with E-state index in [2.05, 4.69) is 5.32 Å². The molecule has 0 bridgehead atoms. The molecule has 1 unspecified atom stereocenters. The Morgan fingerprint density at radius 2 is 1.84 bits per heavy atom. The standard InChI is InChI=1S/C14H17F4N/c1-9(19-11-4-2-3-5-11)10-6-7-13(15)12(8-10)14(16,17)18/h6-9,11,19H,2-5H2,1H3. The lowest BCUT2D eigenvalue weighted by atomic mass is 10.0. The summed E-state index contributed by atoms with van der Waals surface area (Å²) in [5, 5.41) is 3.30. The van der Waals surface area contributed by atoms with Crippen molar-refractivity contribution >= 4 is 0 Å². The summed E-state index contributed by atoms with van der Waals surface area (Å²) in [7, 11) is 0. The van der Waals surface area contributed by atoms with Crippen LogP contribution >= 0.6 is 0 Å². The van der Waals surface area contributed by atoms with Gasteiger partial charge in [-0.3, -0.25) is 0 Å². The molecule has 0 aromatic heterocycles. The van der Waals surface area contributed by atoms with Crippen molar-refractivity contribution in [2.75, 3.05) is 0 Å². The van der Waals surface area contributed by atoms with E-state index in [0.29, 0.717) is 11.6 Å². The van der Waals surface area contributed by atoms with Gasteiger partial charge in [0, 0.05) is 12.1 Å². The first-order chi connectivity index (χ1) is 8.88. The van der Waals surface area contributed by atoms with Crippen LogP contribution in [0.1, 0.15) is 49.8 Å². The summed E-state index contributed by atoms with van der Waals surface area (Å²) < 4.78 is 51.1. The van der Waals surface area contributed by atoms with E-state index in [1.165, 1.54) is 6.07 Å². The molecular weight excluding hydrogens is 258 g/mol. The molecule has 0 amide bonds. The van der Waals surface area contributed by atoms with Gasteiger partial charge in [-0.15, -0.1) is 0 Å². The van der Waals surface area contributed by atoms with Gasteiger partial charge >= 0.3 is 6.18 Å². The van der Waals surface area contributed by atoms with E-state index in [-0.39, 0.29) is 6.04 Å². The minimum Gasteiger partial charge on any atom is -0.307 e. The molecule has 1 aliphatic carbocycles. The molecule has 0 saturated heterocycles. The molecule has 5 heteroatoms. The van der Waals surface area contributed by atoms with E-state index in [4.69, 9.17) is 0 Å². The first-order valence-corrected chi connectivity index (χ1v) is 6.50. The van der Waals surface area contributed by atoms with E-state index in [9.17, 15) is 17.6 Å². The summed E-state index contributed by atoms with van der Waals surface area (Å²) in [6.07, 6.45) is -0.230. The Labute approximate surface area is 110 Å². The first kappa shape index (κ1) is 14.3. The highest BCUT2D eigenvalue weighted by atomic mass is 19.4. The lowest BCUT2D eigenvalue weighted by Gasteiger charge is -2.20. The average Bonchev–Trinajstić information content (AvgIpc) is 2.80. The van der Waals surface area contributed by atoms with Gasteiger partial charge in [0.1, 0.15) is 5.82 Å². The van der Waals surface area contributed by atoms with Crippen molar-refractivity contribution in [3.05, 3.63) is 35.1 Å². The second kappa shape index (κ2) is 5.49. The Morgan fingerprint density at radius 3 is 2.42 bits per heavy atom. The number of benzene rings is 1. The van der Waals surface area contributed by atoms with Crippen molar-refractivity contribution < 1.29 is 17.6 Å². The predicted octanol–water partition coefficient (Wildman–Crippen LogP) is 4.44. The van der Waals surface area contributed by atoms with E-state index < -0.39 is 17.6 Å². The van der Waals surface area contributed by atoms with Gasteiger partial charge in [0.25, 0.3) is 0 Å². The van der Waals surface area contributed by atoms with E-state index in [0.717, 1.165) is 37.8 Å². The third kappa shape index (κ3) is 3.47. The molecule has 1 fully saturated rings. The molecule has 1 aromatic rings. The van der Waals surface area contributed by atoms with Crippen LogP contribution in [0.15, 0.2) is 18.2 Å². The normalized spacial score (nSPS) is 18.8. The summed E-state index contributed by atoms with van der Waals surface area (Å²) in [5.74, 6) is -1.22. The van der Waals surface area contributed by atoms with Crippen LogP contribution in [0.5, 0.6) is 0 Å². The van der Waals surface area contributed by atoms with E-state index in [1.54, 1.807) is 0 Å². The molecule has 1 saturated carbocycles. The molecule has 1 nitrogen and oxygen atoms in total. The number of halogens is 4. The third-order valence-electron chi connectivity index (χ3n) is 3.64. The van der Waals surface area contributed by atoms with Crippen molar-refractivity contribution in [2.45, 2.75) is 50.9 Å². The summed E-state index contributed by atoms with van der Waals surface area (Å²) >= 11 is 0. The van der Waals surface area contributed by atoms with Gasteiger partial charge in [-0.2, -0.15) is 13.2 Å². The van der Waals surface area contributed by atoms with E-state index in [1.807, 2.05) is 6.92 Å². The van der Waals surface area contributed by atoms with Gasteiger partial charge in [-0.05, 0) is 37.5 Å². The van der Waals surface area contributed by atoms with Crippen LogP contribution in [0, 0.1) is 5.82 Å². The maximum absolute atomic E-state index is 13.2. The number of nitrogens with one attached hydrogen (secondary N) is 1. The van der Waals surface area contributed by atoms with Gasteiger partial charge < -0.3 is 5.32 Å². The fourth-order valence-electron chi connectivity index (χ4n) is 2.57. The van der Waals surface area contributed by atoms with Crippen LogP contribution in [-0.2, 0) is 6.18 Å². The predicted molar refractivity (Wildman–Crippen MR) is 65.2 cm³/mol. The number of rotatable bonds is 3. The highest BCUT2D eigenvalue weighted by molar-refractivity contribution is 5.29. The molecule has 1 aliphatic rings. The molecule has 0 spiro atoms. The van der Waals surface area contributed by atoms with Crippen LogP contribution in [-0.4, -0.2) is 6.04 Å². The lowest BCUT2D eigenvalue weighted by molar-refractivity contribution is -0.140. The molecule has 19 heavy (non-hydrogen) atoms. The zero-order chi connectivity index (χ0) is 14.0. The minimum atomic E-state index is -4.65. The molecule has 1 aromatic carbocycles. The van der Waals surface area contributed by atoms with Crippen LogP contribution in [0.25, 0.3) is 0 Å². The number of hydrogen-bond acceptors (Lipinski definition) is 1. The highest BCUT2D eigenvalue weighted by Gasteiger charge is 2.34. The second-order valence-corrected chi connectivity index (χ2v) is 5.11. The Balaban J connectivity index is 2.15. The van der Waals surface area contributed by atoms with Gasteiger partial charge in [-0.1, -0.05) is 18.9 Å². The van der Waals surface area contributed by atoms with Crippen molar-refractivity contribution in [3.63, 3.8) is 0 Å². The lowest BCUT2D eigenvalue weighted by Crippen LogP contribution is -2.29. The van der Waals surface area contributed by atoms with Crippen LogP contribution in [0.2, 0.25) is 0 Å². The minimum absolute atomic E-state index is 0.204. The van der Waals surface area contributed by atoms with Crippen molar-refractivity contribution in [2.24, 2.45) is 0 Å². The number of alkyl halides is 3. The van der Waals surface area contributed by atoms with Crippen molar-refractivity contribution in [3.8, 4) is 0 Å². The quantitative estimate of drug-likeness (QED) is 0.804. The second-order valence-electron chi connectivity index (χ2n) is 5.11. The maximum Gasteiger partial charge on any atom is 0.419 e.